The average molecular weight is 322 g/mol. The summed E-state index contributed by atoms with van der Waals surface area (Å²) in [4.78, 5) is 20.8. The van der Waals surface area contributed by atoms with Crippen LogP contribution in [0.15, 0.2) is 18.2 Å². The van der Waals surface area contributed by atoms with Crippen LogP contribution in [0.3, 0.4) is 0 Å². The lowest BCUT2D eigenvalue weighted by Gasteiger charge is -2.08. The second-order valence-electron chi connectivity index (χ2n) is 4.32. The van der Waals surface area contributed by atoms with Gasteiger partial charge in [-0.25, -0.2) is 8.42 Å². The summed E-state index contributed by atoms with van der Waals surface area (Å²) in [6, 6.07) is 3.66. The van der Waals surface area contributed by atoms with Crippen molar-refractivity contribution in [1.82, 2.24) is 0 Å². The number of carbonyl (C=O) groups is 1. The quantitative estimate of drug-likeness (QED) is 0.632. The van der Waals surface area contributed by atoms with Crippen LogP contribution in [-0.2, 0) is 20.4 Å². The molecule has 0 heterocycles. The van der Waals surface area contributed by atoms with E-state index in [0.29, 0.717) is 0 Å². The van der Waals surface area contributed by atoms with Gasteiger partial charge in [0.25, 0.3) is 5.69 Å². The van der Waals surface area contributed by atoms with Crippen LogP contribution >= 0.6 is 11.6 Å². The molecule has 0 aliphatic carbocycles. The van der Waals surface area contributed by atoms with E-state index in [0.717, 1.165) is 6.07 Å². The zero-order valence-corrected chi connectivity index (χ0v) is 12.0. The minimum Gasteiger partial charge on any atom is -0.481 e. The van der Waals surface area contributed by atoms with Crippen molar-refractivity contribution < 1.29 is 23.2 Å². The molecule has 0 aliphatic rings. The molecule has 1 unspecified atom stereocenters. The molecule has 1 rings (SSSR count). The standard InChI is InChI=1S/C11H12ClNO6S/c1-7(11(14)15)5-20(18,19)6-8-2-3-9(12)4-10(8)13(16)17/h2-4,7H,5-6H2,1H3,(H,14,15). The maximum Gasteiger partial charge on any atom is 0.307 e. The number of sulfone groups is 1. The predicted octanol–water partition coefficient (Wildman–Crippen LogP) is 1.88. The van der Waals surface area contributed by atoms with Crippen LogP contribution in [0.4, 0.5) is 5.69 Å². The maximum absolute atomic E-state index is 11.9. The summed E-state index contributed by atoms with van der Waals surface area (Å²) in [6.45, 7) is 1.26. The second-order valence-corrected chi connectivity index (χ2v) is 6.87. The third-order valence-electron chi connectivity index (χ3n) is 2.54. The molecule has 0 amide bonds. The van der Waals surface area contributed by atoms with Gasteiger partial charge in [-0.2, -0.15) is 0 Å². The van der Waals surface area contributed by atoms with Gasteiger partial charge in [-0.3, -0.25) is 14.9 Å². The first-order valence-electron chi connectivity index (χ1n) is 5.48. The van der Waals surface area contributed by atoms with Crippen LogP contribution in [0, 0.1) is 16.0 Å². The highest BCUT2D eigenvalue weighted by Gasteiger charge is 2.25. The summed E-state index contributed by atoms with van der Waals surface area (Å²) >= 11 is 5.63. The lowest BCUT2D eigenvalue weighted by atomic mass is 10.2. The topological polar surface area (TPSA) is 115 Å². The number of nitrogens with zero attached hydrogens (tertiary/aromatic N) is 1. The average Bonchev–Trinajstić information content (AvgIpc) is 2.30. The number of hydrogen-bond acceptors (Lipinski definition) is 5. The van der Waals surface area contributed by atoms with E-state index in [1.165, 1.54) is 19.1 Å². The molecule has 0 aromatic heterocycles. The van der Waals surface area contributed by atoms with E-state index in [9.17, 15) is 23.3 Å². The number of nitro groups is 1. The molecule has 9 heteroatoms. The zero-order chi connectivity index (χ0) is 15.5. The summed E-state index contributed by atoms with van der Waals surface area (Å²) in [7, 11) is -3.78. The lowest BCUT2D eigenvalue weighted by molar-refractivity contribution is -0.385. The fourth-order valence-electron chi connectivity index (χ4n) is 1.58. The number of carboxylic acids is 1. The van der Waals surface area contributed by atoms with Crippen LogP contribution in [0.5, 0.6) is 0 Å². The van der Waals surface area contributed by atoms with Crippen molar-refractivity contribution in [3.63, 3.8) is 0 Å². The van der Waals surface area contributed by atoms with Crippen molar-refractivity contribution in [3.05, 3.63) is 38.9 Å². The van der Waals surface area contributed by atoms with Crippen molar-refractivity contribution in [2.75, 3.05) is 5.75 Å². The second kappa shape index (κ2) is 6.19. The minimum atomic E-state index is -3.78. The maximum atomic E-state index is 11.9. The third kappa shape index (κ3) is 4.46. The number of aliphatic carboxylic acids is 1. The van der Waals surface area contributed by atoms with Crippen molar-refractivity contribution in [3.8, 4) is 0 Å². The van der Waals surface area contributed by atoms with Gasteiger partial charge in [-0.15, -0.1) is 0 Å². The van der Waals surface area contributed by atoms with Crippen LogP contribution in [0.1, 0.15) is 12.5 Å². The zero-order valence-electron chi connectivity index (χ0n) is 10.4. The van der Waals surface area contributed by atoms with Gasteiger partial charge >= 0.3 is 5.97 Å². The molecule has 110 valence electrons. The van der Waals surface area contributed by atoms with Crippen molar-refractivity contribution in [1.29, 1.82) is 0 Å². The van der Waals surface area contributed by atoms with E-state index in [2.05, 4.69) is 0 Å². The summed E-state index contributed by atoms with van der Waals surface area (Å²) < 4.78 is 23.7. The molecule has 0 radical (unpaired) electrons. The predicted molar refractivity (Wildman–Crippen MR) is 72.4 cm³/mol. The van der Waals surface area contributed by atoms with Crippen LogP contribution in [-0.4, -0.2) is 30.2 Å². The fraction of sp³-hybridized carbons (Fsp3) is 0.364. The highest BCUT2D eigenvalue weighted by Crippen LogP contribution is 2.25. The van der Waals surface area contributed by atoms with Crippen LogP contribution < -0.4 is 0 Å². The normalized spacial score (nSPS) is 12.9. The first-order valence-corrected chi connectivity index (χ1v) is 7.68. The molecule has 0 saturated heterocycles. The van der Waals surface area contributed by atoms with Crippen molar-refractivity contribution in [2.24, 2.45) is 5.92 Å². The monoisotopic (exact) mass is 321 g/mol. The molecule has 0 bridgehead atoms. The number of carboxylic acid groups (broad SMARTS) is 1. The number of nitro benzene ring substituents is 1. The molecule has 0 fully saturated rings. The Balaban J connectivity index is 3.04. The smallest absolute Gasteiger partial charge is 0.307 e. The van der Waals surface area contributed by atoms with Gasteiger partial charge in [0.15, 0.2) is 9.84 Å². The Labute approximate surface area is 120 Å². The first kappa shape index (κ1) is 16.4. The Hall–Kier alpha value is -1.67. The molecule has 20 heavy (non-hydrogen) atoms. The largest absolute Gasteiger partial charge is 0.481 e. The summed E-state index contributed by atoms with van der Waals surface area (Å²) in [5.41, 5.74) is -0.416. The van der Waals surface area contributed by atoms with E-state index in [-0.39, 0.29) is 10.6 Å². The minimum absolute atomic E-state index is 0.0167. The molecular formula is C11H12ClNO6S. The van der Waals surface area contributed by atoms with E-state index in [4.69, 9.17) is 16.7 Å². The number of benzene rings is 1. The van der Waals surface area contributed by atoms with Gasteiger partial charge in [0.2, 0.25) is 0 Å². The highest BCUT2D eigenvalue weighted by atomic mass is 35.5. The Morgan fingerprint density at radius 2 is 2.10 bits per heavy atom. The van der Waals surface area contributed by atoms with Gasteiger partial charge in [-0.05, 0) is 12.1 Å². The molecule has 7 nitrogen and oxygen atoms in total. The van der Waals surface area contributed by atoms with Crippen molar-refractivity contribution in [2.45, 2.75) is 12.7 Å². The Bertz CT molecular complexity index is 642. The van der Waals surface area contributed by atoms with Gasteiger partial charge in [0.1, 0.15) is 0 Å². The molecule has 0 spiro atoms. The van der Waals surface area contributed by atoms with Gasteiger partial charge in [-0.1, -0.05) is 18.5 Å². The van der Waals surface area contributed by atoms with Crippen LogP contribution in [0.25, 0.3) is 0 Å². The Morgan fingerprint density at radius 3 is 2.60 bits per heavy atom. The van der Waals surface area contributed by atoms with Gasteiger partial charge in [0.05, 0.1) is 22.3 Å². The van der Waals surface area contributed by atoms with E-state index < -0.39 is 43.8 Å². The molecule has 1 atom stereocenters. The molecule has 1 aromatic rings. The molecular weight excluding hydrogens is 310 g/mol. The molecule has 1 aromatic carbocycles. The van der Waals surface area contributed by atoms with E-state index >= 15 is 0 Å². The lowest BCUT2D eigenvalue weighted by Crippen LogP contribution is -2.22. The molecule has 0 aliphatic heterocycles. The summed E-state index contributed by atoms with van der Waals surface area (Å²) in [6.07, 6.45) is 0. The van der Waals surface area contributed by atoms with Crippen molar-refractivity contribution >= 4 is 33.1 Å². The Kier molecular flexibility index (Phi) is 5.07. The van der Waals surface area contributed by atoms with E-state index in [1.54, 1.807) is 0 Å². The van der Waals surface area contributed by atoms with Crippen LogP contribution in [0.2, 0.25) is 5.02 Å². The molecule has 0 saturated carbocycles. The number of rotatable bonds is 6. The van der Waals surface area contributed by atoms with Gasteiger partial charge in [0, 0.05) is 16.7 Å². The highest BCUT2D eigenvalue weighted by molar-refractivity contribution is 7.90. The number of halogens is 1. The first-order chi connectivity index (χ1) is 9.12. The Morgan fingerprint density at radius 1 is 1.50 bits per heavy atom. The number of hydrogen-bond donors (Lipinski definition) is 1. The third-order valence-corrected chi connectivity index (χ3v) is 4.54. The fourth-order valence-corrected chi connectivity index (χ4v) is 3.48. The van der Waals surface area contributed by atoms with E-state index in [1.807, 2.05) is 0 Å². The molecule has 1 N–H and O–H groups in total. The SMILES string of the molecule is CC(CS(=O)(=O)Cc1ccc(Cl)cc1[N+](=O)[O-])C(=O)O. The summed E-state index contributed by atoms with van der Waals surface area (Å²) in [5, 5.41) is 19.7. The van der Waals surface area contributed by atoms with Gasteiger partial charge < -0.3 is 5.11 Å². The summed E-state index contributed by atoms with van der Waals surface area (Å²) in [5.74, 6) is -3.49.